The topological polar surface area (TPSA) is 127 Å². The van der Waals surface area contributed by atoms with E-state index < -0.39 is 34.5 Å². The first-order valence-electron chi connectivity index (χ1n) is 9.78. The van der Waals surface area contributed by atoms with Crippen LogP contribution in [-0.4, -0.2) is 41.7 Å². The summed E-state index contributed by atoms with van der Waals surface area (Å²) in [6.07, 6.45) is 0. The molecule has 0 aliphatic rings. The minimum Gasteiger partial charge on any atom is -0.454 e. The van der Waals surface area contributed by atoms with E-state index in [0.717, 1.165) is 17.3 Å². The molecule has 2 aromatic carbocycles. The van der Waals surface area contributed by atoms with Crippen molar-refractivity contribution in [1.29, 1.82) is 0 Å². The highest BCUT2D eigenvalue weighted by Gasteiger charge is 2.26. The number of fused-ring (bicyclic) bond motifs is 1. The highest BCUT2D eigenvalue weighted by atomic mass is 32.2. The van der Waals surface area contributed by atoms with E-state index in [0.29, 0.717) is 11.2 Å². The molecule has 2 N–H and O–H groups in total. The van der Waals surface area contributed by atoms with E-state index in [2.05, 4.69) is 39.6 Å². The van der Waals surface area contributed by atoms with Gasteiger partial charge in [0.15, 0.2) is 6.61 Å². The summed E-state index contributed by atoms with van der Waals surface area (Å²) in [5, 5.41) is 2.64. The van der Waals surface area contributed by atoms with Crippen molar-refractivity contribution in [2.75, 3.05) is 11.9 Å². The van der Waals surface area contributed by atoms with Crippen LogP contribution in [-0.2, 0) is 29.8 Å². The average molecular weight is 477 g/mol. The van der Waals surface area contributed by atoms with Crippen LogP contribution in [0.15, 0.2) is 47.4 Å². The molecular formula is C21H24N4O5S2. The third kappa shape index (κ3) is 5.67. The number of sulfonamides is 1. The zero-order chi connectivity index (χ0) is 23.5. The van der Waals surface area contributed by atoms with Gasteiger partial charge in [-0.25, -0.2) is 8.42 Å². The van der Waals surface area contributed by atoms with Gasteiger partial charge in [0, 0.05) is 5.69 Å². The molecule has 1 atom stereocenters. The molecule has 3 aromatic rings. The molecule has 0 aliphatic carbocycles. The zero-order valence-corrected chi connectivity index (χ0v) is 19.7. The van der Waals surface area contributed by atoms with Crippen molar-refractivity contribution >= 4 is 50.3 Å². The number of hydrogen-bond donors (Lipinski definition) is 2. The number of benzene rings is 2. The Morgan fingerprint density at radius 2 is 1.78 bits per heavy atom. The molecule has 0 radical (unpaired) electrons. The fourth-order valence-electron chi connectivity index (χ4n) is 2.85. The first-order valence-corrected chi connectivity index (χ1v) is 12.0. The maximum Gasteiger partial charge on any atom is 0.324 e. The minimum atomic E-state index is -4.05. The summed E-state index contributed by atoms with van der Waals surface area (Å²) in [6, 6.07) is 10.7. The van der Waals surface area contributed by atoms with Gasteiger partial charge in [-0.2, -0.15) is 13.5 Å². The van der Waals surface area contributed by atoms with Gasteiger partial charge in [0.25, 0.3) is 5.91 Å². The Morgan fingerprint density at radius 3 is 2.44 bits per heavy atom. The van der Waals surface area contributed by atoms with Crippen molar-refractivity contribution in [3.05, 3.63) is 48.0 Å². The van der Waals surface area contributed by atoms with Crippen LogP contribution in [0.4, 0.5) is 5.69 Å². The largest absolute Gasteiger partial charge is 0.454 e. The number of anilines is 1. The molecule has 3 rings (SSSR count). The fourth-order valence-corrected chi connectivity index (χ4v) is 4.81. The quantitative estimate of drug-likeness (QED) is 0.502. The summed E-state index contributed by atoms with van der Waals surface area (Å²) in [7, 11) is -4.05. The van der Waals surface area contributed by atoms with E-state index in [1.807, 2.05) is 12.1 Å². The molecule has 170 valence electrons. The van der Waals surface area contributed by atoms with E-state index in [1.165, 1.54) is 13.0 Å². The van der Waals surface area contributed by atoms with Crippen LogP contribution in [0.25, 0.3) is 11.0 Å². The van der Waals surface area contributed by atoms with Gasteiger partial charge in [0.1, 0.15) is 22.0 Å². The Balaban J connectivity index is 1.55. The lowest BCUT2D eigenvalue weighted by atomic mass is 9.87. The average Bonchev–Trinajstić information content (AvgIpc) is 3.20. The van der Waals surface area contributed by atoms with Crippen LogP contribution in [0.2, 0.25) is 0 Å². The minimum absolute atomic E-state index is 0.0108. The SMILES string of the molecule is CC(NS(=O)(=O)c1cccc2nsnc12)C(=O)OCC(=O)Nc1ccc(C(C)(C)C)cc1. The number of carbonyl (C=O) groups excluding carboxylic acids is 2. The van der Waals surface area contributed by atoms with Crippen LogP contribution in [0.3, 0.4) is 0 Å². The van der Waals surface area contributed by atoms with Crippen LogP contribution < -0.4 is 10.0 Å². The van der Waals surface area contributed by atoms with Gasteiger partial charge in [-0.15, -0.1) is 0 Å². The number of hydrogen-bond acceptors (Lipinski definition) is 8. The first-order chi connectivity index (χ1) is 15.0. The summed E-state index contributed by atoms with van der Waals surface area (Å²) < 4.78 is 40.6. The highest BCUT2D eigenvalue weighted by molar-refractivity contribution is 7.89. The molecule has 1 heterocycles. The summed E-state index contributed by atoms with van der Waals surface area (Å²) >= 11 is 0.894. The number of nitrogens with zero attached hydrogens (tertiary/aromatic N) is 2. The lowest BCUT2D eigenvalue weighted by Crippen LogP contribution is -2.40. The molecule has 0 bridgehead atoms. The van der Waals surface area contributed by atoms with E-state index in [1.54, 1.807) is 24.3 Å². The Labute approximate surface area is 190 Å². The normalized spacial score (nSPS) is 13.0. The van der Waals surface area contributed by atoms with Crippen molar-refractivity contribution in [3.8, 4) is 0 Å². The Kier molecular flexibility index (Phi) is 6.91. The molecule has 0 saturated carbocycles. The molecule has 1 amide bonds. The first kappa shape index (κ1) is 23.8. The smallest absolute Gasteiger partial charge is 0.324 e. The number of ether oxygens (including phenoxy) is 1. The van der Waals surface area contributed by atoms with E-state index in [9.17, 15) is 18.0 Å². The Hall–Kier alpha value is -2.89. The van der Waals surface area contributed by atoms with Gasteiger partial charge in [0.05, 0.1) is 11.7 Å². The third-order valence-corrected chi connectivity index (χ3v) is 6.72. The van der Waals surface area contributed by atoms with Crippen molar-refractivity contribution in [1.82, 2.24) is 13.5 Å². The monoisotopic (exact) mass is 476 g/mol. The summed E-state index contributed by atoms with van der Waals surface area (Å²) in [6.45, 7) is 7.05. The highest BCUT2D eigenvalue weighted by Crippen LogP contribution is 2.23. The zero-order valence-electron chi connectivity index (χ0n) is 18.1. The number of rotatable bonds is 7. The predicted octanol–water partition coefficient (Wildman–Crippen LogP) is 2.84. The maximum absolute atomic E-state index is 12.7. The second-order valence-corrected chi connectivity index (χ2v) is 10.4. The summed E-state index contributed by atoms with van der Waals surface area (Å²) in [4.78, 5) is 24.2. The molecule has 0 fully saturated rings. The fraction of sp³-hybridized carbons (Fsp3) is 0.333. The van der Waals surface area contributed by atoms with Crippen LogP contribution in [0.1, 0.15) is 33.3 Å². The molecule has 9 nitrogen and oxygen atoms in total. The van der Waals surface area contributed by atoms with Crippen molar-refractivity contribution < 1.29 is 22.7 Å². The van der Waals surface area contributed by atoms with Gasteiger partial charge < -0.3 is 10.1 Å². The number of esters is 1. The maximum atomic E-state index is 12.7. The predicted molar refractivity (Wildman–Crippen MR) is 122 cm³/mol. The molecule has 11 heteroatoms. The molecule has 32 heavy (non-hydrogen) atoms. The molecule has 0 aliphatic heterocycles. The number of aromatic nitrogens is 2. The lowest BCUT2D eigenvalue weighted by Gasteiger charge is -2.19. The standard InChI is InChI=1S/C21H24N4O5S2/c1-13(25-32(28,29)17-7-5-6-16-19(17)24-31-23-16)20(27)30-12-18(26)22-15-10-8-14(9-11-15)21(2,3)4/h5-11,13,25H,12H2,1-4H3,(H,22,26). The van der Waals surface area contributed by atoms with Crippen molar-refractivity contribution in [2.24, 2.45) is 0 Å². The second kappa shape index (κ2) is 9.31. The summed E-state index contributed by atoms with van der Waals surface area (Å²) in [5.41, 5.74) is 2.34. The van der Waals surface area contributed by atoms with E-state index in [4.69, 9.17) is 4.74 Å². The molecule has 0 saturated heterocycles. The van der Waals surface area contributed by atoms with Gasteiger partial charge >= 0.3 is 5.97 Å². The second-order valence-electron chi connectivity index (χ2n) is 8.21. The van der Waals surface area contributed by atoms with Gasteiger partial charge in [-0.3, -0.25) is 9.59 Å². The van der Waals surface area contributed by atoms with Crippen molar-refractivity contribution in [3.63, 3.8) is 0 Å². The molecule has 0 spiro atoms. The van der Waals surface area contributed by atoms with Crippen LogP contribution >= 0.6 is 11.7 Å². The summed E-state index contributed by atoms with van der Waals surface area (Å²) in [5.74, 6) is -1.41. The van der Waals surface area contributed by atoms with Gasteiger partial charge in [0.2, 0.25) is 10.0 Å². The number of amides is 1. The molecule has 1 aromatic heterocycles. The van der Waals surface area contributed by atoms with E-state index >= 15 is 0 Å². The van der Waals surface area contributed by atoms with E-state index in [-0.39, 0.29) is 15.8 Å². The number of carbonyl (C=O) groups is 2. The third-order valence-electron chi connectivity index (χ3n) is 4.60. The van der Waals surface area contributed by atoms with Crippen molar-refractivity contribution in [2.45, 2.75) is 44.0 Å². The molecular weight excluding hydrogens is 452 g/mol. The molecule has 1 unspecified atom stereocenters. The Bertz CT molecular complexity index is 1230. The number of nitrogens with one attached hydrogen (secondary N) is 2. The van der Waals surface area contributed by atoms with Gasteiger partial charge in [-0.1, -0.05) is 39.0 Å². The van der Waals surface area contributed by atoms with Gasteiger partial charge in [-0.05, 0) is 42.2 Å². The Morgan fingerprint density at radius 1 is 1.09 bits per heavy atom. The van der Waals surface area contributed by atoms with Crippen LogP contribution in [0, 0.1) is 0 Å². The lowest BCUT2D eigenvalue weighted by molar-refractivity contribution is -0.148. The van der Waals surface area contributed by atoms with Crippen LogP contribution in [0.5, 0.6) is 0 Å².